The SMILES string of the molecule is CCCC1CCN(CCC(C)(NC)C(=O)OCC)CC1. The molecule has 0 aromatic carbocycles. The van der Waals surface area contributed by atoms with Crippen LogP contribution >= 0.6 is 0 Å². The highest BCUT2D eigenvalue weighted by Gasteiger charge is 2.33. The van der Waals surface area contributed by atoms with Crippen LogP contribution in [0, 0.1) is 5.92 Å². The molecule has 1 unspecified atom stereocenters. The van der Waals surface area contributed by atoms with Crippen molar-refractivity contribution >= 4 is 5.97 Å². The molecule has 118 valence electrons. The van der Waals surface area contributed by atoms with Gasteiger partial charge in [-0.2, -0.15) is 0 Å². The summed E-state index contributed by atoms with van der Waals surface area (Å²) in [5, 5.41) is 3.13. The fourth-order valence-electron chi connectivity index (χ4n) is 2.91. The van der Waals surface area contributed by atoms with Crippen LogP contribution in [0.3, 0.4) is 0 Å². The topological polar surface area (TPSA) is 41.6 Å². The van der Waals surface area contributed by atoms with Crippen molar-refractivity contribution in [3.8, 4) is 0 Å². The summed E-state index contributed by atoms with van der Waals surface area (Å²) in [6.07, 6.45) is 6.09. The van der Waals surface area contributed by atoms with Crippen LogP contribution in [-0.4, -0.2) is 49.7 Å². The number of carbonyl (C=O) groups excluding carboxylic acids is 1. The summed E-state index contributed by atoms with van der Waals surface area (Å²) < 4.78 is 5.17. The molecule has 0 saturated carbocycles. The van der Waals surface area contributed by atoms with E-state index in [0.29, 0.717) is 6.61 Å². The fraction of sp³-hybridized carbons (Fsp3) is 0.938. The van der Waals surface area contributed by atoms with Crippen molar-refractivity contribution in [3.05, 3.63) is 0 Å². The zero-order valence-electron chi connectivity index (χ0n) is 13.7. The van der Waals surface area contributed by atoms with Crippen LogP contribution in [0.25, 0.3) is 0 Å². The maximum atomic E-state index is 12.0. The van der Waals surface area contributed by atoms with Crippen molar-refractivity contribution < 1.29 is 9.53 Å². The van der Waals surface area contributed by atoms with Gasteiger partial charge in [0.25, 0.3) is 0 Å². The number of carbonyl (C=O) groups is 1. The highest BCUT2D eigenvalue weighted by molar-refractivity contribution is 5.80. The molecule has 1 rings (SSSR count). The van der Waals surface area contributed by atoms with Crippen LogP contribution in [0.15, 0.2) is 0 Å². The van der Waals surface area contributed by atoms with Crippen molar-refractivity contribution in [2.45, 2.75) is 58.4 Å². The highest BCUT2D eigenvalue weighted by atomic mass is 16.5. The quantitative estimate of drug-likeness (QED) is 0.695. The smallest absolute Gasteiger partial charge is 0.326 e. The Labute approximate surface area is 124 Å². The minimum absolute atomic E-state index is 0.136. The summed E-state index contributed by atoms with van der Waals surface area (Å²) in [7, 11) is 1.84. The second-order valence-corrected chi connectivity index (χ2v) is 6.13. The molecule has 0 bridgehead atoms. The summed E-state index contributed by atoms with van der Waals surface area (Å²) in [5.74, 6) is 0.778. The Morgan fingerprint density at radius 1 is 1.35 bits per heavy atom. The van der Waals surface area contributed by atoms with Crippen LogP contribution in [0.1, 0.15) is 52.9 Å². The van der Waals surface area contributed by atoms with Gasteiger partial charge in [0.15, 0.2) is 0 Å². The van der Waals surface area contributed by atoms with E-state index in [1.807, 2.05) is 20.9 Å². The summed E-state index contributed by atoms with van der Waals surface area (Å²) in [6, 6.07) is 0. The Morgan fingerprint density at radius 2 is 2.00 bits per heavy atom. The van der Waals surface area contributed by atoms with Gasteiger partial charge in [-0.25, -0.2) is 0 Å². The minimum atomic E-state index is -0.559. The van der Waals surface area contributed by atoms with Crippen LogP contribution in [-0.2, 0) is 9.53 Å². The Bertz CT molecular complexity index is 288. The third-order valence-electron chi connectivity index (χ3n) is 4.61. The van der Waals surface area contributed by atoms with Crippen LogP contribution in [0.2, 0.25) is 0 Å². The summed E-state index contributed by atoms with van der Waals surface area (Å²) in [6.45, 7) is 9.82. The molecule has 0 aliphatic carbocycles. The number of piperidine rings is 1. The second kappa shape index (κ2) is 8.63. The molecule has 1 N–H and O–H groups in total. The average molecular weight is 284 g/mol. The fourth-order valence-corrected chi connectivity index (χ4v) is 2.91. The van der Waals surface area contributed by atoms with E-state index < -0.39 is 5.54 Å². The van der Waals surface area contributed by atoms with Gasteiger partial charge in [-0.3, -0.25) is 4.79 Å². The number of esters is 1. The molecule has 0 aromatic rings. The first-order valence-electron chi connectivity index (χ1n) is 8.14. The molecule has 4 heteroatoms. The van der Waals surface area contributed by atoms with E-state index in [1.54, 1.807) is 0 Å². The van der Waals surface area contributed by atoms with Gasteiger partial charge in [-0.15, -0.1) is 0 Å². The zero-order chi connectivity index (χ0) is 15.0. The molecular formula is C16H32N2O2. The van der Waals surface area contributed by atoms with E-state index in [4.69, 9.17) is 4.74 Å². The standard InChI is InChI=1S/C16H32N2O2/c1-5-7-14-8-11-18(12-9-14)13-10-16(3,17-4)15(19)20-6-2/h14,17H,5-13H2,1-4H3. The lowest BCUT2D eigenvalue weighted by atomic mass is 9.91. The van der Waals surface area contributed by atoms with Crippen molar-refractivity contribution in [2.24, 2.45) is 5.92 Å². The van der Waals surface area contributed by atoms with E-state index in [2.05, 4.69) is 17.1 Å². The monoisotopic (exact) mass is 284 g/mol. The lowest BCUT2D eigenvalue weighted by Gasteiger charge is -2.34. The third-order valence-corrected chi connectivity index (χ3v) is 4.61. The summed E-state index contributed by atoms with van der Waals surface area (Å²) >= 11 is 0. The number of nitrogens with one attached hydrogen (secondary N) is 1. The molecule has 0 spiro atoms. The molecule has 1 heterocycles. The Morgan fingerprint density at radius 3 is 2.50 bits per heavy atom. The maximum absolute atomic E-state index is 12.0. The second-order valence-electron chi connectivity index (χ2n) is 6.13. The summed E-state index contributed by atoms with van der Waals surface area (Å²) in [4.78, 5) is 14.5. The largest absolute Gasteiger partial charge is 0.465 e. The average Bonchev–Trinajstić information content (AvgIpc) is 2.47. The van der Waals surface area contributed by atoms with Gasteiger partial charge in [0.1, 0.15) is 5.54 Å². The molecule has 1 aliphatic heterocycles. The number of likely N-dealkylation sites (tertiary alicyclic amines) is 1. The molecule has 0 amide bonds. The van der Waals surface area contributed by atoms with Crippen molar-refractivity contribution in [3.63, 3.8) is 0 Å². The molecular weight excluding hydrogens is 252 g/mol. The van der Waals surface area contributed by atoms with Gasteiger partial charge < -0.3 is 15.0 Å². The first-order valence-corrected chi connectivity index (χ1v) is 8.14. The Balaban J connectivity index is 2.36. The third kappa shape index (κ3) is 5.06. The molecule has 4 nitrogen and oxygen atoms in total. The molecule has 1 fully saturated rings. The van der Waals surface area contributed by atoms with E-state index in [1.165, 1.54) is 38.8 Å². The molecule has 1 aliphatic rings. The predicted octanol–water partition coefficient (Wildman–Crippen LogP) is 2.43. The lowest BCUT2D eigenvalue weighted by molar-refractivity contribution is -0.150. The zero-order valence-corrected chi connectivity index (χ0v) is 13.7. The normalized spacial score (nSPS) is 20.6. The predicted molar refractivity (Wildman–Crippen MR) is 82.8 cm³/mol. The molecule has 1 saturated heterocycles. The lowest BCUT2D eigenvalue weighted by Crippen LogP contribution is -2.51. The van der Waals surface area contributed by atoms with Gasteiger partial charge >= 0.3 is 5.97 Å². The van der Waals surface area contributed by atoms with E-state index in [-0.39, 0.29) is 5.97 Å². The van der Waals surface area contributed by atoms with Gasteiger partial charge in [0.05, 0.1) is 6.61 Å². The number of ether oxygens (including phenoxy) is 1. The first kappa shape index (κ1) is 17.4. The van der Waals surface area contributed by atoms with Crippen molar-refractivity contribution in [1.82, 2.24) is 10.2 Å². The van der Waals surface area contributed by atoms with E-state index >= 15 is 0 Å². The number of nitrogens with zero attached hydrogens (tertiary/aromatic N) is 1. The molecule has 1 atom stereocenters. The number of hydrogen-bond acceptors (Lipinski definition) is 4. The highest BCUT2D eigenvalue weighted by Crippen LogP contribution is 2.22. The molecule has 20 heavy (non-hydrogen) atoms. The van der Waals surface area contributed by atoms with Gasteiger partial charge in [-0.05, 0) is 59.2 Å². The van der Waals surface area contributed by atoms with Crippen LogP contribution < -0.4 is 5.32 Å². The Hall–Kier alpha value is -0.610. The van der Waals surface area contributed by atoms with Crippen molar-refractivity contribution in [1.29, 1.82) is 0 Å². The summed E-state index contributed by atoms with van der Waals surface area (Å²) in [5.41, 5.74) is -0.559. The minimum Gasteiger partial charge on any atom is -0.465 e. The molecule has 0 radical (unpaired) electrons. The van der Waals surface area contributed by atoms with Gasteiger partial charge in [0.2, 0.25) is 0 Å². The van der Waals surface area contributed by atoms with Crippen molar-refractivity contribution in [2.75, 3.05) is 33.3 Å². The van der Waals surface area contributed by atoms with E-state index in [9.17, 15) is 4.79 Å². The van der Waals surface area contributed by atoms with Gasteiger partial charge in [0, 0.05) is 6.54 Å². The van der Waals surface area contributed by atoms with Crippen LogP contribution in [0.4, 0.5) is 0 Å². The number of likely N-dealkylation sites (N-methyl/N-ethyl adjacent to an activating group) is 1. The number of hydrogen-bond donors (Lipinski definition) is 1. The number of rotatable bonds is 8. The Kier molecular flexibility index (Phi) is 7.52. The first-order chi connectivity index (χ1) is 9.55. The van der Waals surface area contributed by atoms with Crippen LogP contribution in [0.5, 0.6) is 0 Å². The maximum Gasteiger partial charge on any atom is 0.326 e. The van der Waals surface area contributed by atoms with Gasteiger partial charge in [-0.1, -0.05) is 19.8 Å². The molecule has 0 aromatic heterocycles. The van der Waals surface area contributed by atoms with E-state index in [0.717, 1.165) is 18.9 Å².